The van der Waals surface area contributed by atoms with Crippen LogP contribution in [0.25, 0.3) is 22.4 Å². The van der Waals surface area contributed by atoms with Crippen LogP contribution < -0.4 is 15.7 Å². The van der Waals surface area contributed by atoms with Crippen molar-refractivity contribution in [2.45, 2.75) is 13.1 Å². The van der Waals surface area contributed by atoms with Gasteiger partial charge in [-0.25, -0.2) is 18.4 Å². The molecule has 0 atom stereocenters. The van der Waals surface area contributed by atoms with Gasteiger partial charge in [0.15, 0.2) is 5.65 Å². The van der Waals surface area contributed by atoms with Crippen LogP contribution in [0.1, 0.15) is 5.56 Å². The van der Waals surface area contributed by atoms with E-state index in [9.17, 15) is 9.59 Å². The number of amides is 1. The number of aromatic nitrogens is 5. The number of fused-ring (bicyclic) bond motifs is 3. The topological polar surface area (TPSA) is 94.9 Å². The third-order valence-electron chi connectivity index (χ3n) is 5.31. The number of halogens is 1. The third-order valence-corrected chi connectivity index (χ3v) is 5.67. The summed E-state index contributed by atoms with van der Waals surface area (Å²) >= 11 is 6.13. The molecule has 166 valence electrons. The van der Waals surface area contributed by atoms with Gasteiger partial charge in [0.2, 0.25) is 5.91 Å². The minimum atomic E-state index is -0.410. The Morgan fingerprint density at radius 2 is 1.88 bits per heavy atom. The van der Waals surface area contributed by atoms with Crippen molar-refractivity contribution in [3.8, 4) is 17.0 Å². The first-order valence-corrected chi connectivity index (χ1v) is 10.5. The molecule has 3 aromatic heterocycles. The average molecular weight is 463 g/mol. The summed E-state index contributed by atoms with van der Waals surface area (Å²) in [4.78, 5) is 25.2. The van der Waals surface area contributed by atoms with Gasteiger partial charge in [-0.05, 0) is 42.0 Å². The number of carbonyl (C=O) groups excluding carboxylic acids is 1. The van der Waals surface area contributed by atoms with E-state index in [2.05, 4.69) is 15.5 Å². The zero-order chi connectivity index (χ0) is 22.9. The first kappa shape index (κ1) is 20.8. The molecule has 5 rings (SSSR count). The maximum Gasteiger partial charge on any atom is 0.350 e. The van der Waals surface area contributed by atoms with Gasteiger partial charge in [0.25, 0.3) is 0 Å². The molecular formula is C23H19ClN6O3. The van der Waals surface area contributed by atoms with Gasteiger partial charge in [-0.15, -0.1) is 5.10 Å². The normalized spacial score (nSPS) is 11.2. The molecule has 1 N–H and O–H groups in total. The second-order valence-electron chi connectivity index (χ2n) is 7.39. The van der Waals surface area contributed by atoms with Gasteiger partial charge in [-0.3, -0.25) is 4.79 Å². The van der Waals surface area contributed by atoms with Crippen LogP contribution in [0.15, 0.2) is 71.8 Å². The lowest BCUT2D eigenvalue weighted by atomic mass is 10.1. The second kappa shape index (κ2) is 8.44. The summed E-state index contributed by atoms with van der Waals surface area (Å²) in [6.07, 6.45) is 3.26. The molecule has 0 saturated heterocycles. The molecule has 0 radical (unpaired) electrons. The van der Waals surface area contributed by atoms with Crippen molar-refractivity contribution in [1.29, 1.82) is 0 Å². The third kappa shape index (κ3) is 3.94. The van der Waals surface area contributed by atoms with Crippen molar-refractivity contribution < 1.29 is 9.53 Å². The second-order valence-corrected chi connectivity index (χ2v) is 7.80. The molecule has 0 spiro atoms. The van der Waals surface area contributed by atoms with Gasteiger partial charge in [-0.1, -0.05) is 29.8 Å². The number of carbonyl (C=O) groups is 1. The number of nitrogens with one attached hydrogen (secondary N) is 1. The SMILES string of the molecule is COc1ccc(-c2cc3c4nn(CC(=O)NCc5ccccc5Cl)c(=O)n4ccn3n2)cc1. The van der Waals surface area contributed by atoms with Crippen molar-refractivity contribution in [1.82, 2.24) is 29.1 Å². The number of nitrogens with zero attached hydrogens (tertiary/aromatic N) is 5. The van der Waals surface area contributed by atoms with Gasteiger partial charge in [0.05, 0.1) is 12.8 Å². The number of hydrogen-bond acceptors (Lipinski definition) is 5. The Kier molecular flexibility index (Phi) is 5.31. The summed E-state index contributed by atoms with van der Waals surface area (Å²) in [5.41, 5.74) is 3.07. The molecule has 0 fully saturated rings. The molecule has 0 aliphatic heterocycles. The van der Waals surface area contributed by atoms with Gasteiger partial charge in [-0.2, -0.15) is 5.10 Å². The number of methoxy groups -OCH3 is 1. The number of rotatable bonds is 6. The fraction of sp³-hybridized carbons (Fsp3) is 0.130. The molecule has 0 saturated carbocycles. The van der Waals surface area contributed by atoms with E-state index < -0.39 is 5.69 Å². The lowest BCUT2D eigenvalue weighted by Gasteiger charge is -2.06. The molecular weight excluding hydrogens is 444 g/mol. The highest BCUT2D eigenvalue weighted by atomic mass is 35.5. The Morgan fingerprint density at radius 1 is 1.09 bits per heavy atom. The Balaban J connectivity index is 1.42. The molecule has 0 unspecified atom stereocenters. The first-order valence-electron chi connectivity index (χ1n) is 10.2. The number of ether oxygens (including phenoxy) is 1. The van der Waals surface area contributed by atoms with Crippen molar-refractivity contribution in [2.75, 3.05) is 7.11 Å². The van der Waals surface area contributed by atoms with Crippen LogP contribution in [0.2, 0.25) is 5.02 Å². The molecule has 33 heavy (non-hydrogen) atoms. The van der Waals surface area contributed by atoms with Crippen LogP contribution in [0.4, 0.5) is 0 Å². The molecule has 9 nitrogen and oxygen atoms in total. The maximum atomic E-state index is 12.8. The summed E-state index contributed by atoms with van der Waals surface area (Å²) in [5.74, 6) is 0.409. The van der Waals surface area contributed by atoms with E-state index in [1.807, 2.05) is 48.5 Å². The molecule has 0 aliphatic rings. The van der Waals surface area contributed by atoms with E-state index in [1.165, 1.54) is 4.40 Å². The molecule has 1 amide bonds. The van der Waals surface area contributed by atoms with Crippen LogP contribution in [0, 0.1) is 0 Å². The summed E-state index contributed by atoms with van der Waals surface area (Å²) in [6.45, 7) is 0.0509. The molecule has 2 aromatic carbocycles. The van der Waals surface area contributed by atoms with Crippen LogP contribution >= 0.6 is 11.6 Å². The Hall–Kier alpha value is -4.11. The van der Waals surface area contributed by atoms with Gasteiger partial charge < -0.3 is 10.1 Å². The Morgan fingerprint density at radius 3 is 2.64 bits per heavy atom. The Bertz CT molecular complexity index is 1530. The van der Waals surface area contributed by atoms with E-state index in [-0.39, 0.29) is 19.0 Å². The van der Waals surface area contributed by atoms with E-state index >= 15 is 0 Å². The predicted octanol–water partition coefficient (Wildman–Crippen LogP) is 2.79. The predicted molar refractivity (Wildman–Crippen MR) is 123 cm³/mol. The largest absolute Gasteiger partial charge is 0.497 e. The van der Waals surface area contributed by atoms with E-state index in [4.69, 9.17) is 16.3 Å². The summed E-state index contributed by atoms with van der Waals surface area (Å²) < 4.78 is 9.39. The maximum absolute atomic E-state index is 12.8. The first-order chi connectivity index (χ1) is 16.0. The Labute approximate surface area is 192 Å². The minimum absolute atomic E-state index is 0.212. The highest BCUT2D eigenvalue weighted by Gasteiger charge is 2.15. The van der Waals surface area contributed by atoms with Crippen molar-refractivity contribution in [2.24, 2.45) is 0 Å². The summed E-state index contributed by atoms with van der Waals surface area (Å²) in [6, 6.07) is 16.6. The van der Waals surface area contributed by atoms with Gasteiger partial charge >= 0.3 is 5.69 Å². The minimum Gasteiger partial charge on any atom is -0.497 e. The monoisotopic (exact) mass is 462 g/mol. The van der Waals surface area contributed by atoms with Gasteiger partial charge in [0, 0.05) is 29.5 Å². The van der Waals surface area contributed by atoms with Crippen molar-refractivity contribution in [3.05, 3.63) is 88.1 Å². The fourth-order valence-corrected chi connectivity index (χ4v) is 3.77. The van der Waals surface area contributed by atoms with Crippen molar-refractivity contribution in [3.63, 3.8) is 0 Å². The van der Waals surface area contributed by atoms with Crippen molar-refractivity contribution >= 4 is 28.7 Å². The summed E-state index contributed by atoms with van der Waals surface area (Å²) in [7, 11) is 1.61. The molecule has 5 aromatic rings. The molecule has 0 aliphatic carbocycles. The zero-order valence-electron chi connectivity index (χ0n) is 17.6. The van der Waals surface area contributed by atoms with E-state index in [1.54, 1.807) is 30.1 Å². The molecule has 3 heterocycles. The average Bonchev–Trinajstić information content (AvgIpc) is 3.40. The van der Waals surface area contributed by atoms with E-state index in [0.29, 0.717) is 16.2 Å². The lowest BCUT2D eigenvalue weighted by Crippen LogP contribution is -2.32. The molecule has 10 heteroatoms. The van der Waals surface area contributed by atoms with Gasteiger partial charge in [0.1, 0.15) is 17.8 Å². The standard InChI is InChI=1S/C23H19ClN6O3/c1-33-17-8-6-15(7-9-17)19-12-20-22-27-30(23(32)28(22)10-11-29(20)26-19)14-21(31)25-13-16-4-2-3-5-18(16)24/h2-12H,13-14H2,1H3,(H,25,31). The summed E-state index contributed by atoms with van der Waals surface area (Å²) in [5, 5.41) is 12.3. The van der Waals surface area contributed by atoms with Crippen LogP contribution in [0.3, 0.4) is 0 Å². The number of hydrogen-bond donors (Lipinski definition) is 1. The van der Waals surface area contributed by atoms with E-state index in [0.717, 1.165) is 27.3 Å². The van der Waals surface area contributed by atoms with Crippen LogP contribution in [0.5, 0.6) is 5.75 Å². The highest BCUT2D eigenvalue weighted by molar-refractivity contribution is 6.31. The quantitative estimate of drug-likeness (QED) is 0.418. The zero-order valence-corrected chi connectivity index (χ0v) is 18.4. The lowest BCUT2D eigenvalue weighted by molar-refractivity contribution is -0.122. The highest BCUT2D eigenvalue weighted by Crippen LogP contribution is 2.23. The molecule has 0 bridgehead atoms. The fourth-order valence-electron chi connectivity index (χ4n) is 3.57. The number of benzene rings is 2. The van der Waals surface area contributed by atoms with Crippen LogP contribution in [-0.4, -0.2) is 36.8 Å². The van der Waals surface area contributed by atoms with Crippen LogP contribution in [-0.2, 0) is 17.9 Å². The smallest absolute Gasteiger partial charge is 0.350 e.